The molecule has 3 rings (SSSR count). The highest BCUT2D eigenvalue weighted by atomic mass is 79.9. The molecule has 1 nitrogen and oxygen atoms in total. The quantitative estimate of drug-likeness (QED) is 0.733. The highest BCUT2D eigenvalue weighted by molar-refractivity contribution is 9.10. The zero-order valence-electron chi connectivity index (χ0n) is 11.0. The summed E-state index contributed by atoms with van der Waals surface area (Å²) in [6.07, 6.45) is 2.23. The molecule has 0 saturated heterocycles. The van der Waals surface area contributed by atoms with E-state index < -0.39 is 5.60 Å². The van der Waals surface area contributed by atoms with Crippen molar-refractivity contribution in [3.63, 3.8) is 0 Å². The number of aliphatic hydroxyl groups is 1. The summed E-state index contributed by atoms with van der Waals surface area (Å²) in [6.45, 7) is 3.41. The maximum Gasteiger partial charge on any atom is 0.120 e. The first kappa shape index (κ1) is 12.7. The van der Waals surface area contributed by atoms with Gasteiger partial charge in [-0.25, -0.2) is 0 Å². The maximum absolute atomic E-state index is 9.76. The van der Waals surface area contributed by atoms with E-state index in [9.17, 15) is 5.11 Å². The normalized spacial score (nSPS) is 13.5. The average molecular weight is 315 g/mol. The summed E-state index contributed by atoms with van der Waals surface area (Å²) in [5, 5.41) is 12.3. The van der Waals surface area contributed by atoms with Crippen LogP contribution in [0.5, 0.6) is 0 Å². The second-order valence-corrected chi connectivity index (χ2v) is 6.39. The van der Waals surface area contributed by atoms with Crippen LogP contribution >= 0.6 is 15.9 Å². The molecule has 0 aromatic heterocycles. The van der Waals surface area contributed by atoms with E-state index in [4.69, 9.17) is 0 Å². The van der Waals surface area contributed by atoms with Crippen LogP contribution in [0.15, 0.2) is 28.7 Å². The lowest BCUT2D eigenvalue weighted by atomic mass is 9.99. The first-order valence-electron chi connectivity index (χ1n) is 6.44. The predicted molar refractivity (Wildman–Crippen MR) is 82.2 cm³/mol. The van der Waals surface area contributed by atoms with Crippen molar-refractivity contribution in [2.24, 2.45) is 0 Å². The third kappa shape index (κ3) is 2.29. The van der Waals surface area contributed by atoms with Gasteiger partial charge in [0.1, 0.15) is 5.60 Å². The second-order valence-electron chi connectivity index (χ2n) is 5.54. The zero-order chi connectivity index (χ0) is 13.6. The van der Waals surface area contributed by atoms with Crippen LogP contribution < -0.4 is 0 Å². The number of hydrogen-bond donors (Lipinski definition) is 1. The molecule has 0 fully saturated rings. The van der Waals surface area contributed by atoms with E-state index in [1.807, 2.05) is 0 Å². The highest BCUT2D eigenvalue weighted by Crippen LogP contribution is 2.36. The van der Waals surface area contributed by atoms with Gasteiger partial charge in [0.15, 0.2) is 0 Å². The Kier molecular flexibility index (Phi) is 2.92. The Morgan fingerprint density at radius 1 is 1.05 bits per heavy atom. The summed E-state index contributed by atoms with van der Waals surface area (Å²) in [5.41, 5.74) is 2.83. The van der Waals surface area contributed by atoms with Gasteiger partial charge in [-0.2, -0.15) is 0 Å². The van der Waals surface area contributed by atoms with Gasteiger partial charge in [-0.15, -0.1) is 0 Å². The molecule has 2 aromatic rings. The lowest BCUT2D eigenvalue weighted by molar-refractivity contribution is 0.143. The van der Waals surface area contributed by atoms with E-state index in [2.05, 4.69) is 52.0 Å². The largest absolute Gasteiger partial charge is 0.378 e. The van der Waals surface area contributed by atoms with Gasteiger partial charge in [-0.3, -0.25) is 0 Å². The Hall–Kier alpha value is -1.30. The summed E-state index contributed by atoms with van der Waals surface area (Å²) >= 11 is 3.63. The van der Waals surface area contributed by atoms with Crippen molar-refractivity contribution in [2.75, 3.05) is 0 Å². The molecule has 0 aliphatic heterocycles. The van der Waals surface area contributed by atoms with E-state index in [0.717, 1.165) is 22.9 Å². The average Bonchev–Trinajstić information content (AvgIpc) is 2.75. The van der Waals surface area contributed by atoms with Crippen LogP contribution in [0.1, 0.15) is 30.5 Å². The molecule has 0 saturated carbocycles. The van der Waals surface area contributed by atoms with Gasteiger partial charge in [0, 0.05) is 15.4 Å². The number of rotatable bonds is 0. The second kappa shape index (κ2) is 4.37. The lowest BCUT2D eigenvalue weighted by Gasteiger charge is -2.09. The molecule has 0 amide bonds. The van der Waals surface area contributed by atoms with Gasteiger partial charge >= 0.3 is 0 Å². The minimum absolute atomic E-state index is 0.963. The first-order chi connectivity index (χ1) is 8.96. The van der Waals surface area contributed by atoms with Crippen LogP contribution in [0, 0.1) is 11.8 Å². The summed E-state index contributed by atoms with van der Waals surface area (Å²) in [5.74, 6) is 6.02. The maximum atomic E-state index is 9.76. The van der Waals surface area contributed by atoms with Gasteiger partial charge in [-0.05, 0) is 55.3 Å². The standard InChI is InChI=1S/C17H15BrO/c1-17(2,19)10-9-13-6-5-11-3-4-12-7-8-14(18)16(13)15(11)12/h5-8,19H,3-4H2,1-2H3. The van der Waals surface area contributed by atoms with Crippen LogP contribution in [0.4, 0.5) is 0 Å². The van der Waals surface area contributed by atoms with E-state index >= 15 is 0 Å². The minimum Gasteiger partial charge on any atom is -0.378 e. The van der Waals surface area contributed by atoms with Crippen molar-refractivity contribution in [1.82, 2.24) is 0 Å². The van der Waals surface area contributed by atoms with Crippen molar-refractivity contribution in [1.29, 1.82) is 0 Å². The Balaban J connectivity index is 2.30. The molecule has 96 valence electrons. The van der Waals surface area contributed by atoms with Crippen molar-refractivity contribution in [2.45, 2.75) is 32.3 Å². The topological polar surface area (TPSA) is 20.2 Å². The highest BCUT2D eigenvalue weighted by Gasteiger charge is 2.17. The third-order valence-corrected chi connectivity index (χ3v) is 4.11. The summed E-state index contributed by atoms with van der Waals surface area (Å²) in [4.78, 5) is 0. The first-order valence-corrected chi connectivity index (χ1v) is 7.23. The fraction of sp³-hybridized carbons (Fsp3) is 0.294. The predicted octanol–water partition coefficient (Wildman–Crippen LogP) is 3.82. The third-order valence-electron chi connectivity index (χ3n) is 3.45. The van der Waals surface area contributed by atoms with Crippen molar-refractivity contribution >= 4 is 26.7 Å². The lowest BCUT2D eigenvalue weighted by Crippen LogP contribution is -2.14. The van der Waals surface area contributed by atoms with Crippen LogP contribution in [0.25, 0.3) is 10.8 Å². The molecule has 0 spiro atoms. The number of halogens is 1. The van der Waals surface area contributed by atoms with Gasteiger partial charge in [0.2, 0.25) is 0 Å². The minimum atomic E-state index is -0.963. The molecular formula is C17H15BrO. The molecule has 0 radical (unpaired) electrons. The molecule has 0 unspecified atom stereocenters. The number of hydrogen-bond acceptors (Lipinski definition) is 1. The van der Waals surface area contributed by atoms with Crippen LogP contribution in [-0.4, -0.2) is 10.7 Å². The molecule has 0 atom stereocenters. The number of aryl methyl sites for hydroxylation is 2. The summed E-state index contributed by atoms with van der Waals surface area (Å²) < 4.78 is 1.08. The molecule has 19 heavy (non-hydrogen) atoms. The number of benzene rings is 2. The van der Waals surface area contributed by atoms with Crippen molar-refractivity contribution < 1.29 is 5.11 Å². The molecule has 2 aromatic carbocycles. The van der Waals surface area contributed by atoms with Gasteiger partial charge < -0.3 is 5.11 Å². The Morgan fingerprint density at radius 2 is 1.68 bits per heavy atom. The van der Waals surface area contributed by atoms with Gasteiger partial charge in [-0.1, -0.05) is 39.9 Å². The van der Waals surface area contributed by atoms with Crippen LogP contribution in [-0.2, 0) is 12.8 Å². The summed E-state index contributed by atoms with van der Waals surface area (Å²) in [7, 11) is 0. The Bertz CT molecular complexity index is 716. The zero-order valence-corrected chi connectivity index (χ0v) is 12.6. The van der Waals surface area contributed by atoms with Gasteiger partial charge in [0.25, 0.3) is 0 Å². The summed E-state index contributed by atoms with van der Waals surface area (Å²) in [6, 6.07) is 8.52. The molecule has 2 heteroatoms. The molecule has 1 aliphatic carbocycles. The van der Waals surface area contributed by atoms with E-state index in [0.29, 0.717) is 0 Å². The molecule has 0 bridgehead atoms. The van der Waals surface area contributed by atoms with Crippen molar-refractivity contribution in [3.05, 3.63) is 45.4 Å². The fourth-order valence-corrected chi connectivity index (χ4v) is 3.16. The monoisotopic (exact) mass is 314 g/mol. The molecule has 0 heterocycles. The Morgan fingerprint density at radius 3 is 2.32 bits per heavy atom. The smallest absolute Gasteiger partial charge is 0.120 e. The Labute approximate surface area is 121 Å². The van der Waals surface area contributed by atoms with Crippen LogP contribution in [0.2, 0.25) is 0 Å². The van der Waals surface area contributed by atoms with E-state index in [1.165, 1.54) is 21.9 Å². The van der Waals surface area contributed by atoms with E-state index in [1.54, 1.807) is 13.8 Å². The molecular weight excluding hydrogens is 300 g/mol. The fourth-order valence-electron chi connectivity index (χ4n) is 2.61. The molecule has 1 N–H and O–H groups in total. The van der Waals surface area contributed by atoms with Crippen molar-refractivity contribution in [3.8, 4) is 11.8 Å². The molecule has 1 aliphatic rings. The van der Waals surface area contributed by atoms with Crippen LogP contribution in [0.3, 0.4) is 0 Å². The van der Waals surface area contributed by atoms with Gasteiger partial charge in [0.05, 0.1) is 0 Å². The SMILES string of the molecule is CC(C)(O)C#Cc1ccc2c3c(ccc(Br)c13)CC2. The van der Waals surface area contributed by atoms with E-state index in [-0.39, 0.29) is 0 Å².